The van der Waals surface area contributed by atoms with Crippen LogP contribution in [-0.4, -0.2) is 44.3 Å². The van der Waals surface area contributed by atoms with Gasteiger partial charge in [-0.25, -0.2) is 18.1 Å². The molecule has 0 atom stereocenters. The summed E-state index contributed by atoms with van der Waals surface area (Å²) in [6, 6.07) is 0. The van der Waals surface area contributed by atoms with Crippen LogP contribution in [0.25, 0.3) is 0 Å². The van der Waals surface area contributed by atoms with E-state index in [0.29, 0.717) is 32.7 Å². The molecule has 1 aromatic heterocycles. The van der Waals surface area contributed by atoms with Gasteiger partial charge in [-0.2, -0.15) is 0 Å². The third-order valence-corrected chi connectivity index (χ3v) is 3.32. The molecule has 0 aliphatic carbocycles. The van der Waals surface area contributed by atoms with Crippen LogP contribution in [0.3, 0.4) is 0 Å². The molecule has 0 aliphatic rings. The molecule has 0 bridgehead atoms. The number of imidazole rings is 1. The van der Waals surface area contributed by atoms with Gasteiger partial charge in [0.05, 0.1) is 12.9 Å². The van der Waals surface area contributed by atoms with Crippen LogP contribution in [0.2, 0.25) is 0 Å². The number of nitrogens with two attached hydrogens (primary N) is 1. The van der Waals surface area contributed by atoms with Gasteiger partial charge >= 0.3 is 0 Å². The Hall–Kier alpha value is -0.960. The summed E-state index contributed by atoms with van der Waals surface area (Å²) >= 11 is 0. The summed E-state index contributed by atoms with van der Waals surface area (Å²) < 4.78 is 32.5. The van der Waals surface area contributed by atoms with Crippen LogP contribution in [0, 0.1) is 0 Å². The van der Waals surface area contributed by atoms with Crippen LogP contribution in [0.5, 0.6) is 0 Å². The average Bonchev–Trinajstić information content (AvgIpc) is 2.71. The standard InChI is InChI=1S/C9H18N4O3S/c1-13-7-9(11-8-13)17(14,15)12-4-2-5-16-6-3-10/h7-8,12H,2-6,10H2,1H3. The van der Waals surface area contributed by atoms with E-state index >= 15 is 0 Å². The van der Waals surface area contributed by atoms with E-state index in [4.69, 9.17) is 10.5 Å². The van der Waals surface area contributed by atoms with Gasteiger partial charge in [-0.3, -0.25) is 0 Å². The van der Waals surface area contributed by atoms with Crippen molar-refractivity contribution in [3.8, 4) is 0 Å². The fourth-order valence-corrected chi connectivity index (χ4v) is 2.22. The summed E-state index contributed by atoms with van der Waals surface area (Å²) in [6.45, 7) is 1.78. The van der Waals surface area contributed by atoms with Gasteiger partial charge in [-0.15, -0.1) is 0 Å². The zero-order chi connectivity index (χ0) is 12.7. The first-order valence-corrected chi connectivity index (χ1v) is 6.80. The maximum absolute atomic E-state index is 11.7. The van der Waals surface area contributed by atoms with Gasteiger partial charge in [-0.05, 0) is 6.42 Å². The molecule has 0 radical (unpaired) electrons. The molecule has 0 fully saturated rings. The number of rotatable bonds is 8. The van der Waals surface area contributed by atoms with Gasteiger partial charge in [0.2, 0.25) is 0 Å². The topological polar surface area (TPSA) is 99.2 Å². The Balaban J connectivity index is 2.31. The highest BCUT2D eigenvalue weighted by molar-refractivity contribution is 7.89. The molecule has 0 amide bonds. The summed E-state index contributed by atoms with van der Waals surface area (Å²) in [5.41, 5.74) is 5.24. The summed E-state index contributed by atoms with van der Waals surface area (Å²) in [5.74, 6) is 0. The molecular weight excluding hydrogens is 244 g/mol. The highest BCUT2D eigenvalue weighted by Crippen LogP contribution is 2.03. The van der Waals surface area contributed by atoms with Crippen LogP contribution in [0.1, 0.15) is 6.42 Å². The Bertz CT molecular complexity index is 429. The van der Waals surface area contributed by atoms with Gasteiger partial charge in [0.1, 0.15) is 0 Å². The molecule has 7 nitrogen and oxygen atoms in total. The lowest BCUT2D eigenvalue weighted by Crippen LogP contribution is -2.26. The van der Waals surface area contributed by atoms with Crippen LogP contribution >= 0.6 is 0 Å². The van der Waals surface area contributed by atoms with E-state index in [1.807, 2.05) is 0 Å². The van der Waals surface area contributed by atoms with E-state index in [1.165, 1.54) is 12.5 Å². The first kappa shape index (κ1) is 14.1. The third kappa shape index (κ3) is 4.82. The van der Waals surface area contributed by atoms with Gasteiger partial charge in [0.15, 0.2) is 5.03 Å². The zero-order valence-electron chi connectivity index (χ0n) is 9.80. The van der Waals surface area contributed by atoms with Crippen molar-refractivity contribution in [2.45, 2.75) is 11.4 Å². The van der Waals surface area contributed by atoms with Crippen molar-refractivity contribution in [2.75, 3.05) is 26.3 Å². The number of nitrogens with zero attached hydrogens (tertiary/aromatic N) is 2. The highest BCUT2D eigenvalue weighted by atomic mass is 32.2. The Kier molecular flexibility index (Phi) is 5.56. The largest absolute Gasteiger partial charge is 0.380 e. The van der Waals surface area contributed by atoms with E-state index in [9.17, 15) is 8.42 Å². The van der Waals surface area contributed by atoms with Crippen molar-refractivity contribution in [2.24, 2.45) is 12.8 Å². The SMILES string of the molecule is Cn1cnc(S(=O)(=O)NCCCOCCN)c1. The lowest BCUT2D eigenvalue weighted by atomic mass is 10.5. The number of hydrogen-bond acceptors (Lipinski definition) is 5. The van der Waals surface area contributed by atoms with E-state index in [2.05, 4.69) is 9.71 Å². The summed E-state index contributed by atoms with van der Waals surface area (Å²) in [6.07, 6.45) is 3.50. The van der Waals surface area contributed by atoms with Crippen molar-refractivity contribution < 1.29 is 13.2 Å². The number of aryl methyl sites for hydroxylation is 1. The highest BCUT2D eigenvalue weighted by Gasteiger charge is 2.15. The molecule has 98 valence electrons. The minimum atomic E-state index is -3.49. The number of sulfonamides is 1. The Morgan fingerprint density at radius 1 is 1.53 bits per heavy atom. The summed E-state index contributed by atoms with van der Waals surface area (Å²) in [4.78, 5) is 3.78. The average molecular weight is 262 g/mol. The van der Waals surface area contributed by atoms with Gasteiger partial charge in [-0.1, -0.05) is 0 Å². The molecular formula is C9H18N4O3S. The van der Waals surface area contributed by atoms with Gasteiger partial charge < -0.3 is 15.0 Å². The van der Waals surface area contributed by atoms with Crippen molar-refractivity contribution in [1.82, 2.24) is 14.3 Å². The molecule has 1 rings (SSSR count). The van der Waals surface area contributed by atoms with Crippen molar-refractivity contribution >= 4 is 10.0 Å². The molecule has 0 spiro atoms. The molecule has 0 aliphatic heterocycles. The predicted octanol–water partition coefficient (Wildman–Crippen LogP) is -0.936. The van der Waals surface area contributed by atoms with E-state index < -0.39 is 10.0 Å². The smallest absolute Gasteiger partial charge is 0.259 e. The number of ether oxygens (including phenoxy) is 1. The summed E-state index contributed by atoms with van der Waals surface area (Å²) in [5, 5.41) is 0.0304. The lowest BCUT2D eigenvalue weighted by Gasteiger charge is -2.04. The molecule has 1 heterocycles. The Labute approximate surface area is 101 Å². The molecule has 8 heteroatoms. The number of aromatic nitrogens is 2. The molecule has 0 unspecified atom stereocenters. The minimum absolute atomic E-state index is 0.0304. The molecule has 0 saturated carbocycles. The fraction of sp³-hybridized carbons (Fsp3) is 0.667. The van der Waals surface area contributed by atoms with Crippen LogP contribution in [0.15, 0.2) is 17.6 Å². The van der Waals surface area contributed by atoms with Gasteiger partial charge in [0, 0.05) is 32.9 Å². The Morgan fingerprint density at radius 3 is 2.88 bits per heavy atom. The Morgan fingerprint density at radius 2 is 2.29 bits per heavy atom. The number of hydrogen-bond donors (Lipinski definition) is 2. The van der Waals surface area contributed by atoms with Crippen molar-refractivity contribution in [3.05, 3.63) is 12.5 Å². The third-order valence-electron chi connectivity index (χ3n) is 1.98. The fourth-order valence-electron chi connectivity index (χ4n) is 1.17. The molecule has 0 saturated heterocycles. The maximum atomic E-state index is 11.7. The monoisotopic (exact) mass is 262 g/mol. The predicted molar refractivity (Wildman–Crippen MR) is 62.9 cm³/mol. The quantitative estimate of drug-likeness (QED) is 0.589. The van der Waals surface area contributed by atoms with E-state index in [0.717, 1.165) is 0 Å². The second-order valence-electron chi connectivity index (χ2n) is 3.53. The maximum Gasteiger partial charge on any atom is 0.259 e. The van der Waals surface area contributed by atoms with Crippen LogP contribution < -0.4 is 10.5 Å². The first-order valence-electron chi connectivity index (χ1n) is 5.31. The minimum Gasteiger partial charge on any atom is -0.380 e. The second-order valence-corrected chi connectivity index (χ2v) is 5.24. The van der Waals surface area contributed by atoms with E-state index in [-0.39, 0.29) is 5.03 Å². The zero-order valence-corrected chi connectivity index (χ0v) is 10.6. The van der Waals surface area contributed by atoms with Crippen LogP contribution in [-0.2, 0) is 21.8 Å². The second kappa shape index (κ2) is 6.70. The molecule has 3 N–H and O–H groups in total. The lowest BCUT2D eigenvalue weighted by molar-refractivity contribution is 0.140. The first-order chi connectivity index (χ1) is 8.06. The molecule has 1 aromatic rings. The summed E-state index contributed by atoms with van der Waals surface area (Å²) in [7, 11) is -1.78. The van der Waals surface area contributed by atoms with Gasteiger partial charge in [0.25, 0.3) is 10.0 Å². The normalized spacial score (nSPS) is 11.9. The van der Waals surface area contributed by atoms with Crippen molar-refractivity contribution in [1.29, 1.82) is 0 Å². The van der Waals surface area contributed by atoms with Crippen molar-refractivity contribution in [3.63, 3.8) is 0 Å². The van der Waals surface area contributed by atoms with E-state index in [1.54, 1.807) is 11.6 Å². The number of nitrogens with one attached hydrogen (secondary N) is 1. The molecule has 17 heavy (non-hydrogen) atoms. The van der Waals surface area contributed by atoms with Crippen LogP contribution in [0.4, 0.5) is 0 Å². The molecule has 0 aromatic carbocycles.